The van der Waals surface area contributed by atoms with Crippen LogP contribution in [0.25, 0.3) is 0 Å². The van der Waals surface area contributed by atoms with Crippen LogP contribution in [0.15, 0.2) is 58.5 Å². The molecule has 0 saturated heterocycles. The summed E-state index contributed by atoms with van der Waals surface area (Å²) in [6, 6.07) is 12.6. The first-order chi connectivity index (χ1) is 10.6. The standard InChI is InChI=1S/C16H11ClN2O3/c17-11-7-5-10(6-8-11)15-19-13(16(21)22-15)9-18-12-3-1-2-4-14(12)20/h1-9,13,20H. The van der Waals surface area contributed by atoms with Gasteiger partial charge < -0.3 is 9.84 Å². The number of ether oxygens (including phenoxy) is 1. The topological polar surface area (TPSA) is 71.2 Å². The molecule has 22 heavy (non-hydrogen) atoms. The summed E-state index contributed by atoms with van der Waals surface area (Å²) in [6.45, 7) is 0. The molecule has 0 amide bonds. The second-order valence-corrected chi connectivity index (χ2v) is 5.01. The van der Waals surface area contributed by atoms with Crippen molar-refractivity contribution in [2.75, 3.05) is 0 Å². The Labute approximate surface area is 131 Å². The van der Waals surface area contributed by atoms with Gasteiger partial charge in [0, 0.05) is 16.8 Å². The third-order valence-electron chi connectivity index (χ3n) is 3.02. The molecule has 5 nitrogen and oxygen atoms in total. The van der Waals surface area contributed by atoms with Crippen LogP contribution in [0, 0.1) is 0 Å². The number of phenols is 1. The van der Waals surface area contributed by atoms with E-state index in [-0.39, 0.29) is 11.6 Å². The van der Waals surface area contributed by atoms with Crippen LogP contribution in [0.5, 0.6) is 5.75 Å². The highest BCUT2D eigenvalue weighted by atomic mass is 35.5. The Morgan fingerprint density at radius 2 is 1.91 bits per heavy atom. The molecule has 1 atom stereocenters. The number of carbonyl (C=O) groups is 1. The summed E-state index contributed by atoms with van der Waals surface area (Å²) < 4.78 is 5.13. The van der Waals surface area contributed by atoms with Gasteiger partial charge >= 0.3 is 5.97 Å². The molecule has 110 valence electrons. The number of halogens is 1. The molecule has 1 unspecified atom stereocenters. The van der Waals surface area contributed by atoms with Crippen molar-refractivity contribution in [3.63, 3.8) is 0 Å². The number of aliphatic imine (C=N–C) groups is 2. The number of cyclic esters (lactones) is 1. The second-order valence-electron chi connectivity index (χ2n) is 4.57. The lowest BCUT2D eigenvalue weighted by Crippen LogP contribution is -2.16. The third kappa shape index (κ3) is 2.99. The highest BCUT2D eigenvalue weighted by molar-refractivity contribution is 6.30. The zero-order valence-electron chi connectivity index (χ0n) is 11.3. The van der Waals surface area contributed by atoms with Gasteiger partial charge in [-0.15, -0.1) is 0 Å². The number of rotatable bonds is 3. The minimum Gasteiger partial charge on any atom is -0.506 e. The van der Waals surface area contributed by atoms with Crippen LogP contribution >= 0.6 is 11.6 Å². The van der Waals surface area contributed by atoms with Crippen LogP contribution in [0.1, 0.15) is 5.56 Å². The molecule has 3 rings (SSSR count). The summed E-state index contributed by atoms with van der Waals surface area (Å²) in [5.41, 5.74) is 1.03. The molecule has 1 aliphatic rings. The van der Waals surface area contributed by atoms with E-state index >= 15 is 0 Å². The molecule has 0 fully saturated rings. The van der Waals surface area contributed by atoms with Gasteiger partial charge in [0.25, 0.3) is 0 Å². The largest absolute Gasteiger partial charge is 0.506 e. The van der Waals surface area contributed by atoms with Gasteiger partial charge in [0.15, 0.2) is 6.04 Å². The molecule has 0 radical (unpaired) electrons. The predicted molar refractivity (Wildman–Crippen MR) is 84.1 cm³/mol. The fourth-order valence-electron chi connectivity index (χ4n) is 1.91. The molecule has 6 heteroatoms. The van der Waals surface area contributed by atoms with Gasteiger partial charge in [0.2, 0.25) is 5.90 Å². The quantitative estimate of drug-likeness (QED) is 0.699. The van der Waals surface area contributed by atoms with E-state index in [1.807, 2.05) is 0 Å². The van der Waals surface area contributed by atoms with E-state index in [0.717, 1.165) is 0 Å². The molecule has 0 aromatic heterocycles. The van der Waals surface area contributed by atoms with Crippen LogP contribution < -0.4 is 0 Å². The van der Waals surface area contributed by atoms with Crippen molar-refractivity contribution in [3.8, 4) is 5.75 Å². The molecule has 1 heterocycles. The molecule has 2 aromatic rings. The van der Waals surface area contributed by atoms with Gasteiger partial charge in [-0.2, -0.15) is 0 Å². The molecular weight excluding hydrogens is 304 g/mol. The minimum atomic E-state index is -0.828. The van der Waals surface area contributed by atoms with E-state index < -0.39 is 12.0 Å². The van der Waals surface area contributed by atoms with Gasteiger partial charge in [-0.1, -0.05) is 23.7 Å². The van der Waals surface area contributed by atoms with E-state index in [1.54, 1.807) is 42.5 Å². The monoisotopic (exact) mass is 314 g/mol. The lowest BCUT2D eigenvalue weighted by Gasteiger charge is -1.99. The number of hydrogen-bond donors (Lipinski definition) is 1. The number of hydrogen-bond acceptors (Lipinski definition) is 5. The number of esters is 1. The molecule has 0 aliphatic carbocycles. The summed E-state index contributed by atoms with van der Waals surface area (Å²) >= 11 is 5.82. The van der Waals surface area contributed by atoms with E-state index in [9.17, 15) is 9.90 Å². The Balaban J connectivity index is 1.81. The number of phenolic OH excluding ortho intramolecular Hbond substituents is 1. The van der Waals surface area contributed by atoms with Crippen LogP contribution in [0.2, 0.25) is 5.02 Å². The van der Waals surface area contributed by atoms with Crippen LogP contribution in [-0.4, -0.2) is 29.2 Å². The van der Waals surface area contributed by atoms with Crippen LogP contribution in [-0.2, 0) is 9.53 Å². The normalized spacial score (nSPS) is 17.6. The first-order valence-electron chi connectivity index (χ1n) is 6.51. The summed E-state index contributed by atoms with van der Waals surface area (Å²) in [7, 11) is 0. The Morgan fingerprint density at radius 1 is 1.18 bits per heavy atom. The molecule has 0 saturated carbocycles. The zero-order valence-corrected chi connectivity index (χ0v) is 12.1. The maximum Gasteiger partial charge on any atom is 0.343 e. The number of para-hydroxylation sites is 2. The highest BCUT2D eigenvalue weighted by Gasteiger charge is 2.28. The second kappa shape index (κ2) is 5.99. The van der Waals surface area contributed by atoms with Gasteiger partial charge in [0.05, 0.1) is 0 Å². The SMILES string of the molecule is O=C1OC(c2ccc(Cl)cc2)=NC1C=Nc1ccccc1O. The van der Waals surface area contributed by atoms with Crippen molar-refractivity contribution in [3.05, 3.63) is 59.1 Å². The van der Waals surface area contributed by atoms with E-state index in [2.05, 4.69) is 9.98 Å². The van der Waals surface area contributed by atoms with E-state index in [0.29, 0.717) is 16.3 Å². The van der Waals surface area contributed by atoms with Crippen LogP contribution in [0.4, 0.5) is 5.69 Å². The van der Waals surface area contributed by atoms with Crippen molar-refractivity contribution in [2.24, 2.45) is 9.98 Å². The summed E-state index contributed by atoms with van der Waals surface area (Å²) in [5.74, 6) is -0.244. The smallest absolute Gasteiger partial charge is 0.343 e. The number of benzene rings is 2. The van der Waals surface area contributed by atoms with Crippen molar-refractivity contribution in [1.82, 2.24) is 0 Å². The molecular formula is C16H11ClN2O3. The maximum absolute atomic E-state index is 11.8. The Hall–Kier alpha value is -2.66. The van der Waals surface area contributed by atoms with Gasteiger partial charge in [-0.25, -0.2) is 9.79 Å². The van der Waals surface area contributed by atoms with Crippen molar-refractivity contribution >= 4 is 35.4 Å². The van der Waals surface area contributed by atoms with Gasteiger partial charge in [0.1, 0.15) is 11.4 Å². The number of nitrogens with zero attached hydrogens (tertiary/aromatic N) is 2. The summed E-state index contributed by atoms with van der Waals surface area (Å²) in [4.78, 5) is 20.1. The molecule has 1 N–H and O–H groups in total. The van der Waals surface area contributed by atoms with Crippen molar-refractivity contribution < 1.29 is 14.6 Å². The van der Waals surface area contributed by atoms with E-state index in [1.165, 1.54) is 12.3 Å². The lowest BCUT2D eigenvalue weighted by molar-refractivity contribution is -0.133. The lowest BCUT2D eigenvalue weighted by atomic mass is 10.2. The third-order valence-corrected chi connectivity index (χ3v) is 3.27. The van der Waals surface area contributed by atoms with Crippen LogP contribution in [0.3, 0.4) is 0 Å². The van der Waals surface area contributed by atoms with Gasteiger partial charge in [-0.05, 0) is 36.4 Å². The highest BCUT2D eigenvalue weighted by Crippen LogP contribution is 2.25. The molecule has 1 aliphatic heterocycles. The minimum absolute atomic E-state index is 0.0343. The Kier molecular flexibility index (Phi) is 3.89. The fraction of sp³-hybridized carbons (Fsp3) is 0.0625. The van der Waals surface area contributed by atoms with Crippen molar-refractivity contribution in [2.45, 2.75) is 6.04 Å². The fourth-order valence-corrected chi connectivity index (χ4v) is 2.03. The van der Waals surface area contributed by atoms with Crippen molar-refractivity contribution in [1.29, 1.82) is 0 Å². The summed E-state index contributed by atoms with van der Waals surface area (Å²) in [6.07, 6.45) is 1.35. The van der Waals surface area contributed by atoms with E-state index in [4.69, 9.17) is 16.3 Å². The molecule has 2 aromatic carbocycles. The molecule has 0 spiro atoms. The predicted octanol–water partition coefficient (Wildman–Crippen LogP) is 3.12. The number of aromatic hydroxyl groups is 1. The maximum atomic E-state index is 11.8. The molecule has 0 bridgehead atoms. The first-order valence-corrected chi connectivity index (χ1v) is 6.89. The Morgan fingerprint density at radius 3 is 2.64 bits per heavy atom. The first kappa shape index (κ1) is 14.3. The average molecular weight is 315 g/mol. The average Bonchev–Trinajstić information content (AvgIpc) is 2.88. The van der Waals surface area contributed by atoms with Gasteiger partial charge in [-0.3, -0.25) is 4.99 Å². The summed E-state index contributed by atoms with van der Waals surface area (Å²) in [5, 5.41) is 10.2. The zero-order chi connectivity index (χ0) is 15.5. The number of carbonyl (C=O) groups excluding carboxylic acids is 1. The Bertz CT molecular complexity index is 769.